The Labute approximate surface area is 213 Å². The van der Waals surface area contributed by atoms with Gasteiger partial charge >= 0.3 is 5.97 Å². The lowest BCUT2D eigenvalue weighted by Gasteiger charge is -2.23. The van der Waals surface area contributed by atoms with Crippen molar-refractivity contribution in [3.63, 3.8) is 0 Å². The fourth-order valence-electron chi connectivity index (χ4n) is 3.95. The molecule has 1 unspecified atom stereocenters. The third-order valence-corrected chi connectivity index (χ3v) is 9.19. The van der Waals surface area contributed by atoms with E-state index < -0.39 is 50.5 Å². The fourth-order valence-corrected chi connectivity index (χ4v) is 7.28. The van der Waals surface area contributed by atoms with Crippen LogP contribution in [0.2, 0.25) is 5.02 Å². The molecule has 1 fully saturated rings. The predicted molar refractivity (Wildman–Crippen MR) is 128 cm³/mol. The Morgan fingerprint density at radius 2 is 1.92 bits per heavy atom. The maximum Gasteiger partial charge on any atom is 0.355 e. The number of halogens is 3. The zero-order chi connectivity index (χ0) is 26.0. The SMILES string of the molecule is O=C(O)c1csc(NC(=O)C(Oc2ccc(F)cc2F)c2cccc(Cl)c2S(=O)(=O)C2CCCC2)n1. The second-order valence-electron chi connectivity index (χ2n) is 8.01. The first-order chi connectivity index (χ1) is 17.1. The van der Waals surface area contributed by atoms with Gasteiger partial charge in [0, 0.05) is 17.0 Å². The lowest BCUT2D eigenvalue weighted by molar-refractivity contribution is -0.123. The number of thiazole rings is 1. The molecule has 3 aromatic rings. The highest BCUT2D eigenvalue weighted by atomic mass is 35.5. The Morgan fingerprint density at radius 1 is 1.19 bits per heavy atom. The average Bonchev–Trinajstić information content (AvgIpc) is 3.51. The molecule has 1 atom stereocenters. The number of hydrogen-bond donors (Lipinski definition) is 2. The van der Waals surface area contributed by atoms with Gasteiger partial charge in [0.2, 0.25) is 6.10 Å². The van der Waals surface area contributed by atoms with Crippen LogP contribution in [0.4, 0.5) is 13.9 Å². The molecule has 0 saturated heterocycles. The van der Waals surface area contributed by atoms with Gasteiger partial charge in [-0.05, 0) is 31.0 Å². The quantitative estimate of drug-likeness (QED) is 0.388. The standard InChI is InChI=1S/C23H19ClF2N2O6S2/c24-15-7-3-6-14(20(15)36(32,33)13-4-1-2-5-13)19(34-18-9-8-12(25)10-16(18)26)21(29)28-23-27-17(11-35-23)22(30)31/h3,6-11,13,19H,1-2,4-5H2,(H,30,31)(H,27,28,29). The number of anilines is 1. The summed E-state index contributed by atoms with van der Waals surface area (Å²) in [6.07, 6.45) is 0.539. The van der Waals surface area contributed by atoms with Crippen molar-refractivity contribution in [3.8, 4) is 5.75 Å². The number of nitrogens with one attached hydrogen (secondary N) is 1. The summed E-state index contributed by atoms with van der Waals surface area (Å²) in [7, 11) is -4.00. The molecular formula is C23H19ClF2N2O6S2. The summed E-state index contributed by atoms with van der Waals surface area (Å²) in [5.74, 6) is -4.77. The molecule has 1 amide bonds. The molecular weight excluding hydrogens is 538 g/mol. The Hall–Kier alpha value is -3.09. The number of hydrogen-bond acceptors (Lipinski definition) is 7. The highest BCUT2D eigenvalue weighted by molar-refractivity contribution is 7.92. The van der Waals surface area contributed by atoms with Crippen LogP contribution in [-0.2, 0) is 14.6 Å². The topological polar surface area (TPSA) is 123 Å². The normalized spacial score (nSPS) is 15.0. The van der Waals surface area contributed by atoms with Crippen molar-refractivity contribution in [3.05, 3.63) is 69.7 Å². The van der Waals surface area contributed by atoms with Crippen LogP contribution in [0.5, 0.6) is 5.75 Å². The van der Waals surface area contributed by atoms with Crippen molar-refractivity contribution in [2.45, 2.75) is 41.9 Å². The van der Waals surface area contributed by atoms with E-state index in [4.69, 9.17) is 21.4 Å². The third-order valence-electron chi connectivity index (χ3n) is 5.64. The summed E-state index contributed by atoms with van der Waals surface area (Å²) in [4.78, 5) is 27.9. The Bertz CT molecular complexity index is 1420. The summed E-state index contributed by atoms with van der Waals surface area (Å²) in [6, 6.07) is 6.54. The van der Waals surface area contributed by atoms with Gasteiger partial charge in [0.05, 0.1) is 15.2 Å². The molecule has 0 radical (unpaired) electrons. The molecule has 2 aromatic carbocycles. The lowest BCUT2D eigenvalue weighted by atomic mass is 10.1. The highest BCUT2D eigenvalue weighted by Gasteiger charge is 2.38. The van der Waals surface area contributed by atoms with E-state index >= 15 is 0 Å². The van der Waals surface area contributed by atoms with Crippen LogP contribution >= 0.6 is 22.9 Å². The van der Waals surface area contributed by atoms with Crippen LogP contribution in [0.25, 0.3) is 0 Å². The van der Waals surface area contributed by atoms with Crippen LogP contribution in [0, 0.1) is 11.6 Å². The molecule has 0 aliphatic heterocycles. The van der Waals surface area contributed by atoms with Gasteiger partial charge in [-0.25, -0.2) is 27.0 Å². The van der Waals surface area contributed by atoms with E-state index in [2.05, 4.69) is 10.3 Å². The molecule has 4 rings (SSSR count). The Balaban J connectivity index is 1.80. The molecule has 2 N–H and O–H groups in total. The molecule has 1 heterocycles. The number of nitrogens with zero attached hydrogens (tertiary/aromatic N) is 1. The monoisotopic (exact) mass is 556 g/mol. The number of rotatable bonds is 8. The lowest BCUT2D eigenvalue weighted by Crippen LogP contribution is -2.29. The maximum absolute atomic E-state index is 14.5. The number of aromatic carboxylic acids is 1. The van der Waals surface area contributed by atoms with E-state index in [1.807, 2.05) is 0 Å². The minimum atomic E-state index is -4.00. The van der Waals surface area contributed by atoms with E-state index in [9.17, 15) is 26.8 Å². The molecule has 190 valence electrons. The van der Waals surface area contributed by atoms with E-state index in [1.54, 1.807) is 0 Å². The largest absolute Gasteiger partial charge is 0.476 e. The Kier molecular flexibility index (Phi) is 7.57. The van der Waals surface area contributed by atoms with E-state index in [0.717, 1.165) is 36.3 Å². The molecule has 1 aliphatic carbocycles. The number of amides is 1. The van der Waals surface area contributed by atoms with E-state index in [-0.39, 0.29) is 26.3 Å². The van der Waals surface area contributed by atoms with Crippen LogP contribution in [0.1, 0.15) is 47.8 Å². The van der Waals surface area contributed by atoms with Crippen molar-refractivity contribution in [2.75, 3.05) is 5.32 Å². The predicted octanol–water partition coefficient (Wildman–Crippen LogP) is 5.25. The first kappa shape index (κ1) is 26.0. The fraction of sp³-hybridized carbons (Fsp3) is 0.261. The number of carbonyl (C=O) groups excluding carboxylic acids is 1. The van der Waals surface area contributed by atoms with Crippen molar-refractivity contribution in [1.29, 1.82) is 0 Å². The van der Waals surface area contributed by atoms with Gasteiger partial charge in [-0.15, -0.1) is 11.3 Å². The first-order valence-corrected chi connectivity index (χ1v) is 13.5. The molecule has 0 bridgehead atoms. The van der Waals surface area contributed by atoms with Crippen molar-refractivity contribution >= 4 is 49.8 Å². The van der Waals surface area contributed by atoms with Gasteiger partial charge in [0.15, 0.2) is 32.2 Å². The average molecular weight is 557 g/mol. The maximum atomic E-state index is 14.5. The summed E-state index contributed by atoms with van der Waals surface area (Å²) in [6.45, 7) is 0. The second kappa shape index (κ2) is 10.5. The zero-order valence-corrected chi connectivity index (χ0v) is 20.8. The number of aromatic nitrogens is 1. The van der Waals surface area contributed by atoms with Gasteiger partial charge in [-0.3, -0.25) is 10.1 Å². The first-order valence-electron chi connectivity index (χ1n) is 10.7. The molecule has 1 aliphatic rings. The molecule has 1 saturated carbocycles. The van der Waals surface area contributed by atoms with Crippen LogP contribution in [0.15, 0.2) is 46.7 Å². The minimum absolute atomic E-state index is 0.104. The summed E-state index contributed by atoms with van der Waals surface area (Å²) < 4.78 is 60.6. The molecule has 36 heavy (non-hydrogen) atoms. The van der Waals surface area contributed by atoms with Crippen LogP contribution in [0.3, 0.4) is 0 Å². The van der Waals surface area contributed by atoms with E-state index in [1.165, 1.54) is 23.6 Å². The van der Waals surface area contributed by atoms with Crippen molar-refractivity contribution < 1.29 is 36.6 Å². The highest BCUT2D eigenvalue weighted by Crippen LogP contribution is 2.39. The number of sulfone groups is 1. The van der Waals surface area contributed by atoms with Crippen LogP contribution in [-0.4, -0.2) is 35.6 Å². The second-order valence-corrected chi connectivity index (χ2v) is 11.4. The number of benzene rings is 2. The minimum Gasteiger partial charge on any atom is -0.476 e. The number of carboxylic acids is 1. The summed E-state index contributed by atoms with van der Waals surface area (Å²) in [5.41, 5.74) is -0.463. The molecule has 8 nitrogen and oxygen atoms in total. The van der Waals surface area contributed by atoms with Crippen LogP contribution < -0.4 is 10.1 Å². The van der Waals surface area contributed by atoms with Gasteiger partial charge in [0.1, 0.15) is 5.82 Å². The number of carbonyl (C=O) groups is 2. The summed E-state index contributed by atoms with van der Waals surface area (Å²) >= 11 is 7.14. The number of carboxylic acid groups (broad SMARTS) is 1. The number of ether oxygens (including phenoxy) is 1. The smallest absolute Gasteiger partial charge is 0.355 e. The molecule has 0 spiro atoms. The van der Waals surface area contributed by atoms with Gasteiger partial charge in [-0.1, -0.05) is 36.6 Å². The van der Waals surface area contributed by atoms with E-state index in [0.29, 0.717) is 18.9 Å². The zero-order valence-electron chi connectivity index (χ0n) is 18.4. The molecule has 1 aromatic heterocycles. The van der Waals surface area contributed by atoms with Crippen molar-refractivity contribution in [2.24, 2.45) is 0 Å². The Morgan fingerprint density at radius 3 is 2.56 bits per heavy atom. The van der Waals surface area contributed by atoms with Gasteiger partial charge in [0.25, 0.3) is 5.91 Å². The molecule has 13 heteroatoms. The third kappa shape index (κ3) is 5.35. The van der Waals surface area contributed by atoms with Crippen molar-refractivity contribution in [1.82, 2.24) is 4.98 Å². The van der Waals surface area contributed by atoms with Gasteiger partial charge < -0.3 is 9.84 Å². The summed E-state index contributed by atoms with van der Waals surface area (Å²) in [5, 5.41) is 11.7. The van der Waals surface area contributed by atoms with Gasteiger partial charge in [-0.2, -0.15) is 0 Å².